The van der Waals surface area contributed by atoms with E-state index < -0.39 is 0 Å². The summed E-state index contributed by atoms with van der Waals surface area (Å²) in [5.74, 6) is 3.38. The fourth-order valence-corrected chi connectivity index (χ4v) is 6.00. The fraction of sp³-hybridized carbons (Fsp3) is 0.643. The van der Waals surface area contributed by atoms with Gasteiger partial charge in [-0.05, 0) is 54.1 Å². The second-order valence-corrected chi connectivity index (χ2v) is 10.8. The summed E-state index contributed by atoms with van der Waals surface area (Å²) >= 11 is 0. The summed E-state index contributed by atoms with van der Waals surface area (Å²) in [5, 5.41) is 0. The van der Waals surface area contributed by atoms with Crippen LogP contribution in [0.15, 0.2) is 48.8 Å². The van der Waals surface area contributed by atoms with Crippen molar-refractivity contribution in [2.24, 2.45) is 29.1 Å². The monoisotopic (exact) mass is 391 g/mol. The zero-order valence-corrected chi connectivity index (χ0v) is 18.9. The van der Waals surface area contributed by atoms with E-state index in [1.54, 1.807) is 11.1 Å². The first-order valence-electron chi connectivity index (χ1n) is 12.2. The van der Waals surface area contributed by atoms with Gasteiger partial charge in [0.2, 0.25) is 0 Å². The Bertz CT molecular complexity index is 679. The van der Waals surface area contributed by atoms with Gasteiger partial charge >= 0.3 is 0 Å². The van der Waals surface area contributed by atoms with Gasteiger partial charge in [-0.15, -0.1) is 0 Å². The van der Waals surface area contributed by atoms with Crippen LogP contribution < -0.4 is 0 Å². The predicted octanol–water partition coefficient (Wildman–Crippen LogP) is 7.38. The summed E-state index contributed by atoms with van der Waals surface area (Å²) in [6, 6.07) is 9.16. The summed E-state index contributed by atoms with van der Waals surface area (Å²) in [6.07, 6.45) is 22.1. The fourth-order valence-electron chi connectivity index (χ4n) is 6.00. The molecule has 3 aliphatic rings. The van der Waals surface area contributed by atoms with Gasteiger partial charge in [0, 0.05) is 24.4 Å². The molecular formula is C28H41N. The van der Waals surface area contributed by atoms with Gasteiger partial charge in [-0.3, -0.25) is 0 Å². The maximum absolute atomic E-state index is 2.59. The van der Waals surface area contributed by atoms with Crippen LogP contribution in [0.5, 0.6) is 0 Å². The average molecular weight is 392 g/mol. The second-order valence-electron chi connectivity index (χ2n) is 10.8. The Morgan fingerprint density at radius 1 is 0.931 bits per heavy atom. The van der Waals surface area contributed by atoms with Crippen molar-refractivity contribution < 1.29 is 0 Å². The highest BCUT2D eigenvalue weighted by atomic mass is 15.1. The Morgan fingerprint density at radius 2 is 1.52 bits per heavy atom. The van der Waals surface area contributed by atoms with E-state index in [4.69, 9.17) is 0 Å². The third kappa shape index (κ3) is 5.36. The summed E-state index contributed by atoms with van der Waals surface area (Å²) in [7, 11) is 0. The zero-order chi connectivity index (χ0) is 20.3. The molecule has 4 rings (SSSR count). The van der Waals surface area contributed by atoms with Gasteiger partial charge in [-0.2, -0.15) is 0 Å². The minimum absolute atomic E-state index is 0.200. The van der Waals surface area contributed by atoms with Crippen LogP contribution in [0.2, 0.25) is 0 Å². The van der Waals surface area contributed by atoms with Crippen LogP contribution >= 0.6 is 0 Å². The van der Waals surface area contributed by atoms with Crippen LogP contribution in [0.25, 0.3) is 0 Å². The molecule has 29 heavy (non-hydrogen) atoms. The van der Waals surface area contributed by atoms with Crippen LogP contribution in [0, 0.1) is 29.1 Å². The van der Waals surface area contributed by atoms with Crippen molar-refractivity contribution in [2.75, 3.05) is 6.54 Å². The Labute approximate surface area is 179 Å². The Morgan fingerprint density at radius 3 is 2.10 bits per heavy atom. The van der Waals surface area contributed by atoms with Gasteiger partial charge in [-0.25, -0.2) is 0 Å². The van der Waals surface area contributed by atoms with E-state index >= 15 is 0 Å². The van der Waals surface area contributed by atoms with E-state index in [0.29, 0.717) is 0 Å². The molecule has 0 aromatic heterocycles. The number of nitrogens with zero attached hydrogens (tertiary/aromatic N) is 1. The number of hydrogen-bond donors (Lipinski definition) is 0. The lowest BCUT2D eigenvalue weighted by Gasteiger charge is -2.36. The lowest BCUT2D eigenvalue weighted by atomic mass is 9.74. The quantitative estimate of drug-likeness (QED) is 0.457. The Kier molecular flexibility index (Phi) is 6.52. The van der Waals surface area contributed by atoms with Crippen LogP contribution in [0.3, 0.4) is 0 Å². The van der Waals surface area contributed by atoms with Crippen LogP contribution in [0.1, 0.15) is 76.8 Å². The van der Waals surface area contributed by atoms with Crippen LogP contribution in [0.4, 0.5) is 0 Å². The van der Waals surface area contributed by atoms with Crippen molar-refractivity contribution in [2.45, 2.75) is 78.6 Å². The molecule has 1 fully saturated rings. The molecule has 0 bridgehead atoms. The lowest BCUT2D eigenvalue weighted by Crippen LogP contribution is -2.32. The molecule has 0 radical (unpaired) electrons. The molecule has 0 spiro atoms. The number of allylic oxidation sites excluding steroid dienone is 2. The highest BCUT2D eigenvalue weighted by Crippen LogP contribution is 2.39. The van der Waals surface area contributed by atoms with E-state index in [0.717, 1.165) is 23.7 Å². The molecule has 1 aromatic carbocycles. The molecule has 158 valence electrons. The number of hydrogen-bond acceptors (Lipinski definition) is 1. The summed E-state index contributed by atoms with van der Waals surface area (Å²) < 4.78 is 0. The van der Waals surface area contributed by atoms with E-state index in [1.165, 1.54) is 64.3 Å². The predicted molar refractivity (Wildman–Crippen MR) is 125 cm³/mol. The Balaban J connectivity index is 1.45. The first kappa shape index (κ1) is 20.8. The molecule has 2 atom stereocenters. The molecule has 1 heterocycles. The summed E-state index contributed by atoms with van der Waals surface area (Å²) in [5.41, 5.74) is 3.42. The standard InChI is InChI=1S/C28H41N/c1-22(24-10-6-4-5-7-11-24)27(21-29-16-14-28(2,3)15-17-29)20-23-18-25-12-8-9-13-26(25)19-23/h8-9,12-17,22-24,27H,4-7,10-11,18-21H2,1-3H3. The molecule has 1 saturated carbocycles. The first-order valence-corrected chi connectivity index (χ1v) is 12.2. The molecule has 0 amide bonds. The lowest BCUT2D eigenvalue weighted by molar-refractivity contribution is 0.168. The number of benzene rings is 1. The topological polar surface area (TPSA) is 3.24 Å². The molecule has 0 N–H and O–H groups in total. The molecular weight excluding hydrogens is 350 g/mol. The molecule has 1 heteroatoms. The molecule has 1 nitrogen and oxygen atoms in total. The van der Waals surface area contributed by atoms with Crippen molar-refractivity contribution in [1.29, 1.82) is 0 Å². The smallest absolute Gasteiger partial charge is 0.0250 e. The Hall–Kier alpha value is -1.50. The van der Waals surface area contributed by atoms with Gasteiger partial charge in [-0.1, -0.05) is 95.7 Å². The molecule has 0 saturated heterocycles. The van der Waals surface area contributed by atoms with Crippen molar-refractivity contribution >= 4 is 0 Å². The normalized spacial score (nSPS) is 24.3. The van der Waals surface area contributed by atoms with Crippen LogP contribution in [-0.2, 0) is 12.8 Å². The van der Waals surface area contributed by atoms with Crippen molar-refractivity contribution in [3.63, 3.8) is 0 Å². The maximum atomic E-state index is 2.59. The van der Waals surface area contributed by atoms with Crippen molar-refractivity contribution in [3.05, 3.63) is 59.9 Å². The van der Waals surface area contributed by atoms with Crippen LogP contribution in [-0.4, -0.2) is 11.4 Å². The van der Waals surface area contributed by atoms with Crippen molar-refractivity contribution in [3.8, 4) is 0 Å². The zero-order valence-electron chi connectivity index (χ0n) is 18.9. The maximum Gasteiger partial charge on any atom is 0.0250 e. The largest absolute Gasteiger partial charge is 0.355 e. The minimum atomic E-state index is 0.200. The second kappa shape index (κ2) is 9.11. The van der Waals surface area contributed by atoms with Gasteiger partial charge < -0.3 is 4.90 Å². The SMILES string of the molecule is CC(C1CCCCCC1)C(CC1Cc2ccccc2C1)CN1C=CC(C)(C)C=C1. The van der Waals surface area contributed by atoms with E-state index in [-0.39, 0.29) is 5.41 Å². The first-order chi connectivity index (χ1) is 14.0. The van der Waals surface area contributed by atoms with Gasteiger partial charge in [0.15, 0.2) is 0 Å². The third-order valence-corrected chi connectivity index (χ3v) is 8.00. The van der Waals surface area contributed by atoms with Gasteiger partial charge in [0.25, 0.3) is 0 Å². The molecule has 1 aromatic rings. The number of fused-ring (bicyclic) bond motifs is 1. The van der Waals surface area contributed by atoms with E-state index in [1.807, 2.05) is 0 Å². The highest BCUT2D eigenvalue weighted by molar-refractivity contribution is 5.32. The molecule has 1 aliphatic heterocycles. The third-order valence-electron chi connectivity index (χ3n) is 8.00. The summed E-state index contributed by atoms with van der Waals surface area (Å²) in [6.45, 7) is 8.36. The minimum Gasteiger partial charge on any atom is -0.355 e. The van der Waals surface area contributed by atoms with Crippen molar-refractivity contribution in [1.82, 2.24) is 4.90 Å². The summed E-state index contributed by atoms with van der Waals surface area (Å²) in [4.78, 5) is 2.48. The van der Waals surface area contributed by atoms with E-state index in [9.17, 15) is 0 Å². The van der Waals surface area contributed by atoms with E-state index in [2.05, 4.69) is 74.5 Å². The molecule has 2 unspecified atom stereocenters. The highest BCUT2D eigenvalue weighted by Gasteiger charge is 2.32. The average Bonchev–Trinajstić information content (AvgIpc) is 2.92. The van der Waals surface area contributed by atoms with Gasteiger partial charge in [0.1, 0.15) is 0 Å². The number of rotatable bonds is 6. The van der Waals surface area contributed by atoms with Gasteiger partial charge in [0.05, 0.1) is 0 Å². The molecule has 2 aliphatic carbocycles.